The van der Waals surface area contributed by atoms with Gasteiger partial charge in [-0.1, -0.05) is 41.9 Å². The number of hydrogen-bond acceptors (Lipinski definition) is 3. The highest BCUT2D eigenvalue weighted by molar-refractivity contribution is 7.16. The van der Waals surface area contributed by atoms with Gasteiger partial charge >= 0.3 is 0 Å². The van der Waals surface area contributed by atoms with E-state index in [9.17, 15) is 0 Å². The van der Waals surface area contributed by atoms with Crippen LogP contribution in [0.2, 0.25) is 4.34 Å². The summed E-state index contributed by atoms with van der Waals surface area (Å²) in [5, 5.41) is 7.38. The van der Waals surface area contributed by atoms with E-state index in [0.29, 0.717) is 12.1 Å². The van der Waals surface area contributed by atoms with Crippen molar-refractivity contribution in [2.45, 2.75) is 38.4 Å². The predicted molar refractivity (Wildman–Crippen MR) is 91.1 cm³/mol. The predicted octanol–water partition coefficient (Wildman–Crippen LogP) is 4.29. The summed E-state index contributed by atoms with van der Waals surface area (Å²) in [5.41, 5.74) is 2.69. The quantitative estimate of drug-likeness (QED) is 0.878. The number of aryl methyl sites for hydroxylation is 1. The van der Waals surface area contributed by atoms with Crippen LogP contribution in [-0.2, 0) is 6.54 Å². The first-order valence-corrected chi connectivity index (χ1v) is 8.70. The Bertz CT molecular complexity index is 582. The van der Waals surface area contributed by atoms with Gasteiger partial charge in [0, 0.05) is 23.5 Å². The fraction of sp³-hybridized carbons (Fsp3) is 0.412. The van der Waals surface area contributed by atoms with E-state index in [-0.39, 0.29) is 0 Å². The molecule has 0 unspecified atom stereocenters. The molecule has 1 fully saturated rings. The number of piperidine rings is 1. The highest BCUT2D eigenvalue weighted by Crippen LogP contribution is 2.27. The summed E-state index contributed by atoms with van der Waals surface area (Å²) in [6.45, 7) is 4.13. The minimum atomic E-state index is 0.398. The van der Waals surface area contributed by atoms with Gasteiger partial charge in [0.2, 0.25) is 0 Å². The van der Waals surface area contributed by atoms with Crippen molar-refractivity contribution in [3.63, 3.8) is 0 Å². The zero-order valence-corrected chi connectivity index (χ0v) is 13.8. The van der Waals surface area contributed by atoms with Gasteiger partial charge in [-0.2, -0.15) is 0 Å². The standard InChI is InChI=1S/C17H21ClN2S/c1-12-14(10-16(18)21-12)11-20-15-8-5-9-19-17(15)13-6-3-2-4-7-13/h2-4,6-7,10,15,17,19-20H,5,8-9,11H2,1H3/t15-,17-/m0/s1. The fourth-order valence-electron chi connectivity index (χ4n) is 3.02. The normalized spacial score (nSPS) is 22.4. The number of benzene rings is 1. The van der Waals surface area contributed by atoms with Crippen molar-refractivity contribution >= 4 is 22.9 Å². The first-order chi connectivity index (χ1) is 10.2. The van der Waals surface area contributed by atoms with Crippen molar-refractivity contribution in [2.24, 2.45) is 0 Å². The first-order valence-electron chi connectivity index (χ1n) is 7.50. The van der Waals surface area contributed by atoms with Crippen LogP contribution in [0.1, 0.15) is 34.9 Å². The Labute approximate surface area is 135 Å². The molecule has 2 atom stereocenters. The second kappa shape index (κ2) is 6.93. The highest BCUT2D eigenvalue weighted by Gasteiger charge is 2.25. The molecule has 0 saturated carbocycles. The summed E-state index contributed by atoms with van der Waals surface area (Å²) >= 11 is 7.75. The molecular formula is C17H21ClN2S. The molecule has 2 nitrogen and oxygen atoms in total. The van der Waals surface area contributed by atoms with E-state index in [1.165, 1.54) is 28.8 Å². The lowest BCUT2D eigenvalue weighted by atomic mass is 9.92. The Morgan fingerprint density at radius 3 is 2.86 bits per heavy atom. The van der Waals surface area contributed by atoms with E-state index < -0.39 is 0 Å². The number of thiophene rings is 1. The molecule has 0 aliphatic carbocycles. The summed E-state index contributed by atoms with van der Waals surface area (Å²) in [5.74, 6) is 0. The first kappa shape index (κ1) is 15.0. The molecule has 1 aliphatic rings. The molecule has 1 aliphatic heterocycles. The molecule has 0 bridgehead atoms. The Morgan fingerprint density at radius 2 is 2.14 bits per heavy atom. The van der Waals surface area contributed by atoms with Crippen molar-refractivity contribution in [3.05, 3.63) is 56.7 Å². The van der Waals surface area contributed by atoms with Gasteiger partial charge in [0.1, 0.15) is 0 Å². The maximum absolute atomic E-state index is 6.09. The van der Waals surface area contributed by atoms with Crippen molar-refractivity contribution in [2.75, 3.05) is 6.54 Å². The Morgan fingerprint density at radius 1 is 1.33 bits per heavy atom. The third-order valence-corrected chi connectivity index (χ3v) is 5.38. The van der Waals surface area contributed by atoms with Crippen molar-refractivity contribution in [1.29, 1.82) is 0 Å². The molecular weight excluding hydrogens is 300 g/mol. The summed E-state index contributed by atoms with van der Waals surface area (Å²) in [6, 6.07) is 13.7. The van der Waals surface area contributed by atoms with Crippen LogP contribution in [-0.4, -0.2) is 12.6 Å². The van der Waals surface area contributed by atoms with Crippen LogP contribution in [0.3, 0.4) is 0 Å². The average Bonchev–Trinajstić information content (AvgIpc) is 2.84. The van der Waals surface area contributed by atoms with Crippen LogP contribution < -0.4 is 10.6 Å². The maximum atomic E-state index is 6.09. The van der Waals surface area contributed by atoms with E-state index >= 15 is 0 Å². The van der Waals surface area contributed by atoms with Gasteiger partial charge in [0.05, 0.1) is 4.34 Å². The molecule has 21 heavy (non-hydrogen) atoms. The monoisotopic (exact) mass is 320 g/mol. The molecule has 0 spiro atoms. The molecule has 0 amide bonds. The Balaban J connectivity index is 1.69. The molecule has 112 valence electrons. The highest BCUT2D eigenvalue weighted by atomic mass is 35.5. The van der Waals surface area contributed by atoms with Crippen LogP contribution in [0.4, 0.5) is 0 Å². The maximum Gasteiger partial charge on any atom is 0.0934 e. The second-order valence-electron chi connectivity index (χ2n) is 5.60. The topological polar surface area (TPSA) is 24.1 Å². The zero-order valence-electron chi connectivity index (χ0n) is 12.2. The van der Waals surface area contributed by atoms with Crippen LogP contribution in [0.5, 0.6) is 0 Å². The minimum Gasteiger partial charge on any atom is -0.309 e. The Hall–Kier alpha value is -0.870. The molecule has 1 saturated heterocycles. The summed E-state index contributed by atoms with van der Waals surface area (Å²) in [7, 11) is 0. The summed E-state index contributed by atoms with van der Waals surface area (Å²) in [4.78, 5) is 1.31. The lowest BCUT2D eigenvalue weighted by molar-refractivity contribution is 0.304. The summed E-state index contributed by atoms with van der Waals surface area (Å²) in [6.07, 6.45) is 2.44. The van der Waals surface area contributed by atoms with Crippen molar-refractivity contribution < 1.29 is 0 Å². The van der Waals surface area contributed by atoms with Crippen molar-refractivity contribution in [1.82, 2.24) is 10.6 Å². The Kier molecular flexibility index (Phi) is 4.96. The lowest BCUT2D eigenvalue weighted by Gasteiger charge is -2.34. The molecule has 1 aromatic carbocycles. The second-order valence-corrected chi connectivity index (χ2v) is 7.49. The van der Waals surface area contributed by atoms with E-state index in [4.69, 9.17) is 11.6 Å². The van der Waals surface area contributed by atoms with Gasteiger partial charge < -0.3 is 10.6 Å². The largest absolute Gasteiger partial charge is 0.309 e. The molecule has 2 aromatic rings. The van der Waals surface area contributed by atoms with E-state index in [1.807, 2.05) is 0 Å². The summed E-state index contributed by atoms with van der Waals surface area (Å²) < 4.78 is 0.880. The van der Waals surface area contributed by atoms with Crippen LogP contribution in [0.15, 0.2) is 36.4 Å². The average molecular weight is 321 g/mol. The molecule has 1 aromatic heterocycles. The van der Waals surface area contributed by atoms with Gasteiger partial charge in [-0.25, -0.2) is 0 Å². The van der Waals surface area contributed by atoms with Crippen LogP contribution >= 0.6 is 22.9 Å². The molecule has 0 radical (unpaired) electrons. The molecule has 4 heteroatoms. The van der Waals surface area contributed by atoms with Crippen molar-refractivity contribution in [3.8, 4) is 0 Å². The molecule has 2 heterocycles. The number of nitrogens with one attached hydrogen (secondary N) is 2. The molecule has 2 N–H and O–H groups in total. The fourth-order valence-corrected chi connectivity index (χ4v) is 4.25. The van der Waals surface area contributed by atoms with Gasteiger partial charge in [0.25, 0.3) is 0 Å². The van der Waals surface area contributed by atoms with Gasteiger partial charge in [0.15, 0.2) is 0 Å². The smallest absolute Gasteiger partial charge is 0.0934 e. The lowest BCUT2D eigenvalue weighted by Crippen LogP contribution is -2.45. The van der Waals surface area contributed by atoms with Crippen LogP contribution in [0, 0.1) is 6.92 Å². The SMILES string of the molecule is Cc1sc(Cl)cc1CN[C@H]1CCCN[C@H]1c1ccccc1. The van der Waals surface area contributed by atoms with E-state index in [1.54, 1.807) is 11.3 Å². The third kappa shape index (κ3) is 3.67. The number of halogens is 1. The van der Waals surface area contributed by atoms with E-state index in [0.717, 1.165) is 17.4 Å². The third-order valence-electron chi connectivity index (χ3n) is 4.16. The van der Waals surface area contributed by atoms with E-state index in [2.05, 4.69) is 54.0 Å². The van der Waals surface area contributed by atoms with Crippen LogP contribution in [0.25, 0.3) is 0 Å². The van der Waals surface area contributed by atoms with Gasteiger partial charge in [-0.05, 0) is 43.5 Å². The number of hydrogen-bond donors (Lipinski definition) is 2. The number of rotatable bonds is 4. The zero-order chi connectivity index (χ0) is 14.7. The van der Waals surface area contributed by atoms with Gasteiger partial charge in [-0.3, -0.25) is 0 Å². The molecule has 3 rings (SSSR count). The van der Waals surface area contributed by atoms with Gasteiger partial charge in [-0.15, -0.1) is 11.3 Å². The minimum absolute atomic E-state index is 0.398.